The summed E-state index contributed by atoms with van der Waals surface area (Å²) in [4.78, 5) is 25.5. The first-order valence-corrected chi connectivity index (χ1v) is 5.29. The summed E-state index contributed by atoms with van der Waals surface area (Å²) in [5.74, 6) is -0.915. The first-order chi connectivity index (χ1) is 7.15. The van der Waals surface area contributed by atoms with Crippen LogP contribution in [0.4, 0.5) is 0 Å². The van der Waals surface area contributed by atoms with Crippen LogP contribution in [0.25, 0.3) is 0 Å². The number of hydrogen-bond acceptors (Lipinski definition) is 4. The summed E-state index contributed by atoms with van der Waals surface area (Å²) in [6, 6.07) is 0.301. The predicted molar refractivity (Wildman–Crippen MR) is 54.0 cm³/mol. The monoisotopic (exact) mass is 295 g/mol. The van der Waals surface area contributed by atoms with E-state index in [1.54, 1.807) is 0 Å². The third kappa shape index (κ3) is 2.66. The van der Waals surface area contributed by atoms with E-state index >= 15 is 0 Å². The van der Waals surface area contributed by atoms with Crippen LogP contribution in [0, 0.1) is 12.3 Å². The molecule has 0 radical (unpaired) electrons. The summed E-state index contributed by atoms with van der Waals surface area (Å²) in [6.45, 7) is 0. The van der Waals surface area contributed by atoms with Crippen LogP contribution in [0.5, 0.6) is 0 Å². The Morgan fingerprint density at radius 2 is 2.19 bits per heavy atom. The molecule has 0 aromatic carbocycles. The van der Waals surface area contributed by atoms with Crippen molar-refractivity contribution in [2.24, 2.45) is 5.92 Å². The van der Waals surface area contributed by atoms with Gasteiger partial charge >= 0.3 is 64.2 Å². The molecule has 2 aliphatic rings. The van der Waals surface area contributed by atoms with E-state index in [-0.39, 0.29) is 82.0 Å². The topological polar surface area (TPSA) is 46.6 Å². The zero-order valence-corrected chi connectivity index (χ0v) is 15.0. The zero-order chi connectivity index (χ0) is 11.0. The fourth-order valence-corrected chi connectivity index (χ4v) is 2.65. The number of carbonyl (C=O) groups is 2. The van der Waals surface area contributed by atoms with Crippen molar-refractivity contribution in [1.82, 2.24) is 4.90 Å². The van der Waals surface area contributed by atoms with E-state index < -0.39 is 5.92 Å². The van der Waals surface area contributed by atoms with Gasteiger partial charge in [0, 0.05) is 12.5 Å². The predicted octanol–water partition coefficient (Wildman–Crippen LogP) is -2.58. The molecule has 0 N–H and O–H groups in total. The van der Waals surface area contributed by atoms with E-state index in [9.17, 15) is 9.59 Å². The second kappa shape index (κ2) is 6.18. The van der Waals surface area contributed by atoms with Crippen LogP contribution in [0.15, 0.2) is 0 Å². The fraction of sp³-hybridized carbons (Fsp3) is 0.727. The molecule has 0 aromatic heterocycles. The van der Waals surface area contributed by atoms with Crippen molar-refractivity contribution in [3.8, 4) is 0 Å². The Kier molecular flexibility index (Phi) is 5.78. The minimum absolute atomic E-state index is 0. The number of methoxy groups -OCH3 is 1. The van der Waals surface area contributed by atoms with E-state index in [2.05, 4.69) is 11.3 Å². The molecular formula is C11H16NO3Rb. The molecule has 0 aromatic rings. The number of nitrogens with zero attached hydrogens (tertiary/aromatic N) is 1. The summed E-state index contributed by atoms with van der Waals surface area (Å²) >= 11 is 0. The number of carbonyl (C=O) groups excluding carboxylic acids is 2. The van der Waals surface area contributed by atoms with Gasteiger partial charge in [-0.05, 0) is 13.1 Å². The van der Waals surface area contributed by atoms with Crippen molar-refractivity contribution in [1.29, 1.82) is 0 Å². The first-order valence-electron chi connectivity index (χ1n) is 5.29. The maximum absolute atomic E-state index is 11.8. The summed E-state index contributed by atoms with van der Waals surface area (Å²) in [5.41, 5.74) is 0. The number of ether oxygens (including phenoxy) is 1. The normalized spacial score (nSPS) is 34.1. The zero-order valence-electron chi connectivity index (χ0n) is 10.1. The molecule has 0 spiro atoms. The number of hydrogen-bond donors (Lipinski definition) is 0. The van der Waals surface area contributed by atoms with Crippen LogP contribution in [0.2, 0.25) is 0 Å². The van der Waals surface area contributed by atoms with Crippen LogP contribution >= 0.6 is 0 Å². The molecule has 0 saturated carbocycles. The van der Waals surface area contributed by atoms with Gasteiger partial charge in [-0.25, -0.2) is 0 Å². The van der Waals surface area contributed by atoms with Gasteiger partial charge in [-0.3, -0.25) is 9.59 Å². The molecule has 2 saturated heterocycles. The minimum Gasteiger partial charge on any atom is -0.468 e. The molecule has 3 atom stereocenters. The van der Waals surface area contributed by atoms with E-state index in [4.69, 9.17) is 4.74 Å². The quantitative estimate of drug-likeness (QED) is 0.303. The standard InChI is InChI=1S/C11H16NO3.Rb/c1-12-7-4-3-5-8(12)10(9(13)6-7)11(14)15-2;/h3,7-8,10H,4-6H2,1-2H3;/q-1;+1. The van der Waals surface area contributed by atoms with Gasteiger partial charge in [0.25, 0.3) is 0 Å². The fourth-order valence-electron chi connectivity index (χ4n) is 2.65. The molecule has 2 bridgehead atoms. The van der Waals surface area contributed by atoms with Gasteiger partial charge < -0.3 is 16.1 Å². The van der Waals surface area contributed by atoms with Crippen molar-refractivity contribution in [3.63, 3.8) is 0 Å². The summed E-state index contributed by atoms with van der Waals surface area (Å²) in [6.07, 6.45) is 4.41. The van der Waals surface area contributed by atoms with Crippen molar-refractivity contribution >= 4 is 11.8 Å². The Hall–Kier alpha value is 0.905. The maximum atomic E-state index is 11.8. The van der Waals surface area contributed by atoms with Crippen LogP contribution in [0.3, 0.4) is 0 Å². The molecule has 2 rings (SSSR count). The Labute approximate surface area is 145 Å². The third-order valence-electron chi connectivity index (χ3n) is 3.57. The molecule has 84 valence electrons. The molecular weight excluding hydrogens is 280 g/mol. The molecule has 2 heterocycles. The molecule has 2 aliphatic heterocycles. The van der Waals surface area contributed by atoms with E-state index in [1.807, 2.05) is 7.05 Å². The smallest absolute Gasteiger partial charge is 0.468 e. The maximum Gasteiger partial charge on any atom is 1.00 e. The number of fused-ring (bicyclic) bond motifs is 2. The first kappa shape index (κ1) is 15.0. The number of rotatable bonds is 1. The summed E-state index contributed by atoms with van der Waals surface area (Å²) < 4.78 is 4.70. The number of piperidine rings is 2. The molecule has 0 amide bonds. The van der Waals surface area contributed by atoms with Gasteiger partial charge in [-0.2, -0.15) is 12.8 Å². The van der Waals surface area contributed by atoms with E-state index in [0.29, 0.717) is 6.42 Å². The molecule has 5 heteroatoms. The molecule has 4 nitrogen and oxygen atoms in total. The summed E-state index contributed by atoms with van der Waals surface area (Å²) in [5, 5.41) is 0. The SMILES string of the molecule is COC(=O)C1C(=O)CC2C[CH-]CC1N2C.[Rb+]. The Bertz CT molecular complexity index is 295. The van der Waals surface area contributed by atoms with Gasteiger partial charge in [-0.1, -0.05) is 0 Å². The Balaban J connectivity index is 0.00000128. The number of Topliss-reactive ketones (excluding diaryl/α,β-unsaturated/α-hetero) is 1. The second-order valence-electron chi connectivity index (χ2n) is 4.32. The van der Waals surface area contributed by atoms with E-state index in [1.165, 1.54) is 7.11 Å². The Morgan fingerprint density at radius 3 is 2.81 bits per heavy atom. The molecule has 16 heavy (non-hydrogen) atoms. The van der Waals surface area contributed by atoms with Gasteiger partial charge in [0.15, 0.2) is 0 Å². The summed E-state index contributed by atoms with van der Waals surface area (Å²) in [7, 11) is 3.33. The second-order valence-corrected chi connectivity index (χ2v) is 4.32. The van der Waals surface area contributed by atoms with Gasteiger partial charge in [-0.15, -0.1) is 0 Å². The number of ketones is 1. The van der Waals surface area contributed by atoms with E-state index in [0.717, 1.165) is 12.8 Å². The molecule has 0 aliphatic carbocycles. The average molecular weight is 296 g/mol. The molecule has 3 unspecified atom stereocenters. The average Bonchev–Trinajstić information content (AvgIpc) is 2.20. The van der Waals surface area contributed by atoms with Gasteiger partial charge in [0.05, 0.1) is 7.11 Å². The minimum atomic E-state index is -0.576. The van der Waals surface area contributed by atoms with Crippen LogP contribution in [0.1, 0.15) is 19.3 Å². The van der Waals surface area contributed by atoms with Crippen molar-refractivity contribution in [2.45, 2.75) is 31.3 Å². The number of esters is 1. The van der Waals surface area contributed by atoms with Gasteiger partial charge in [0.2, 0.25) is 0 Å². The van der Waals surface area contributed by atoms with Crippen molar-refractivity contribution < 1.29 is 72.5 Å². The van der Waals surface area contributed by atoms with Crippen molar-refractivity contribution in [2.75, 3.05) is 14.2 Å². The largest absolute Gasteiger partial charge is 1.00 e. The van der Waals surface area contributed by atoms with Crippen LogP contribution in [-0.2, 0) is 14.3 Å². The van der Waals surface area contributed by atoms with Crippen LogP contribution in [-0.4, -0.2) is 42.9 Å². The Morgan fingerprint density at radius 1 is 1.50 bits per heavy atom. The van der Waals surface area contributed by atoms with Gasteiger partial charge in [0.1, 0.15) is 11.7 Å². The van der Waals surface area contributed by atoms with Crippen molar-refractivity contribution in [3.05, 3.63) is 6.42 Å². The van der Waals surface area contributed by atoms with Crippen LogP contribution < -0.4 is 58.2 Å². The molecule has 2 fully saturated rings. The third-order valence-corrected chi connectivity index (χ3v) is 3.57.